The highest BCUT2D eigenvalue weighted by atomic mass is 32.2. The maximum atomic E-state index is 11.8. The van der Waals surface area contributed by atoms with Crippen LogP contribution in [0.5, 0.6) is 23.0 Å². The van der Waals surface area contributed by atoms with E-state index >= 15 is 0 Å². The van der Waals surface area contributed by atoms with Crippen LogP contribution in [0.15, 0.2) is 36.4 Å². The van der Waals surface area contributed by atoms with Crippen LogP contribution in [-0.4, -0.2) is 68.6 Å². The number of esters is 2. The van der Waals surface area contributed by atoms with Crippen molar-refractivity contribution in [2.75, 3.05) is 36.2 Å². The first-order chi connectivity index (χ1) is 17.3. The molecule has 0 bridgehead atoms. The average molecular weight is 539 g/mol. The molecule has 0 saturated carbocycles. The summed E-state index contributed by atoms with van der Waals surface area (Å²) in [7, 11) is 0. The molecule has 2 rings (SSSR count). The molecule has 0 heterocycles. The molecule has 0 aliphatic rings. The largest absolute Gasteiger partial charge is 0.504 e. The molecule has 8 nitrogen and oxygen atoms in total. The number of thioether (sulfide) groups is 2. The fourth-order valence-corrected chi connectivity index (χ4v) is 4.66. The minimum absolute atomic E-state index is 0.126. The van der Waals surface area contributed by atoms with E-state index in [0.29, 0.717) is 26.1 Å². The molecule has 0 atom stereocenters. The molecule has 0 aliphatic carbocycles. The van der Waals surface area contributed by atoms with Gasteiger partial charge >= 0.3 is 11.9 Å². The van der Waals surface area contributed by atoms with Gasteiger partial charge in [0.2, 0.25) is 0 Å². The summed E-state index contributed by atoms with van der Waals surface area (Å²) in [5, 5.41) is 37.6. The van der Waals surface area contributed by atoms with Gasteiger partial charge in [0.25, 0.3) is 0 Å². The lowest BCUT2D eigenvalue weighted by Gasteiger charge is -2.07. The van der Waals surface area contributed by atoms with E-state index in [9.17, 15) is 30.0 Å². The quantitative estimate of drug-likeness (QED) is 0.130. The number of phenols is 4. The summed E-state index contributed by atoms with van der Waals surface area (Å²) in [4.78, 5) is 23.6. The summed E-state index contributed by atoms with van der Waals surface area (Å²) < 4.78 is 10.4. The number of carbonyl (C=O) groups is 2. The second kappa shape index (κ2) is 16.9. The van der Waals surface area contributed by atoms with Crippen molar-refractivity contribution < 1.29 is 39.5 Å². The maximum Gasteiger partial charge on any atom is 0.315 e. The minimum Gasteiger partial charge on any atom is -0.504 e. The number of phenolic OH excluding ortho intramolecular Hbond substituents is 4. The smallest absolute Gasteiger partial charge is 0.315 e. The Bertz CT molecular complexity index is 889. The third kappa shape index (κ3) is 12.3. The zero-order valence-corrected chi connectivity index (χ0v) is 21.8. The van der Waals surface area contributed by atoms with Crippen LogP contribution in [0.1, 0.15) is 36.8 Å². The molecule has 0 aromatic heterocycles. The molecule has 36 heavy (non-hydrogen) atoms. The number of hydrogen-bond acceptors (Lipinski definition) is 10. The Morgan fingerprint density at radius 2 is 1.03 bits per heavy atom. The molecule has 4 N–H and O–H groups in total. The van der Waals surface area contributed by atoms with Crippen molar-refractivity contribution in [3.05, 3.63) is 47.5 Å². The van der Waals surface area contributed by atoms with Gasteiger partial charge in [-0.1, -0.05) is 12.1 Å². The van der Waals surface area contributed by atoms with Gasteiger partial charge in [0.05, 0.1) is 24.7 Å². The molecule has 0 saturated heterocycles. The first-order valence-electron chi connectivity index (χ1n) is 11.8. The number of rotatable bonds is 17. The van der Waals surface area contributed by atoms with Gasteiger partial charge in [-0.25, -0.2) is 0 Å². The van der Waals surface area contributed by atoms with Crippen molar-refractivity contribution in [2.24, 2.45) is 0 Å². The molecule has 0 unspecified atom stereocenters. The summed E-state index contributed by atoms with van der Waals surface area (Å²) in [6.07, 6.45) is 4.43. The van der Waals surface area contributed by atoms with E-state index in [-0.39, 0.29) is 46.4 Å². The van der Waals surface area contributed by atoms with Crippen molar-refractivity contribution in [1.82, 2.24) is 0 Å². The Hall–Kier alpha value is -2.72. The molecule has 10 heteroatoms. The fraction of sp³-hybridized carbons (Fsp3) is 0.462. The first-order valence-corrected chi connectivity index (χ1v) is 14.1. The fourth-order valence-electron chi connectivity index (χ4n) is 3.18. The number of hydrogen-bond donors (Lipinski definition) is 4. The Morgan fingerprint density at radius 1 is 0.611 bits per heavy atom. The summed E-state index contributed by atoms with van der Waals surface area (Å²) in [6, 6.07) is 9.54. The van der Waals surface area contributed by atoms with Gasteiger partial charge in [0.15, 0.2) is 23.0 Å². The lowest BCUT2D eigenvalue weighted by Crippen LogP contribution is -2.11. The van der Waals surface area contributed by atoms with E-state index in [1.807, 2.05) is 0 Å². The van der Waals surface area contributed by atoms with Crippen molar-refractivity contribution in [2.45, 2.75) is 38.5 Å². The normalized spacial score (nSPS) is 10.8. The Kier molecular flexibility index (Phi) is 13.8. The predicted molar refractivity (Wildman–Crippen MR) is 142 cm³/mol. The van der Waals surface area contributed by atoms with E-state index in [1.54, 1.807) is 24.3 Å². The number of aryl methyl sites for hydroxylation is 2. The highest BCUT2D eigenvalue weighted by Gasteiger charge is 2.06. The van der Waals surface area contributed by atoms with E-state index in [4.69, 9.17) is 9.47 Å². The van der Waals surface area contributed by atoms with Crippen molar-refractivity contribution in [1.29, 1.82) is 0 Å². The standard InChI is InChI=1S/C26H34O8S2/c27-21-9-7-19(15-23(21)29)5-3-13-35-17-25(31)33-11-1-2-12-34-26(32)18-36-14-4-6-20-8-10-22(28)24(30)16-20/h7-10,15-16,27-30H,1-6,11-14,17-18H2. The topological polar surface area (TPSA) is 134 Å². The van der Waals surface area contributed by atoms with Crippen LogP contribution < -0.4 is 0 Å². The van der Waals surface area contributed by atoms with E-state index < -0.39 is 0 Å². The van der Waals surface area contributed by atoms with Crippen LogP contribution in [0.2, 0.25) is 0 Å². The monoisotopic (exact) mass is 538 g/mol. The zero-order valence-electron chi connectivity index (χ0n) is 20.2. The van der Waals surface area contributed by atoms with Crippen LogP contribution in [0, 0.1) is 0 Å². The van der Waals surface area contributed by atoms with Crippen LogP contribution in [0.4, 0.5) is 0 Å². The van der Waals surface area contributed by atoms with Gasteiger partial charge < -0.3 is 29.9 Å². The first kappa shape index (κ1) is 29.5. The van der Waals surface area contributed by atoms with Gasteiger partial charge in [-0.05, 0) is 85.4 Å². The molecule has 0 amide bonds. The molecule has 0 radical (unpaired) electrons. The van der Waals surface area contributed by atoms with Crippen LogP contribution in [0.25, 0.3) is 0 Å². The molecule has 198 valence electrons. The number of carbonyl (C=O) groups excluding carboxylic acids is 2. The molecule has 2 aromatic carbocycles. The summed E-state index contributed by atoms with van der Waals surface area (Å²) in [5.41, 5.74) is 1.86. The highest BCUT2D eigenvalue weighted by Crippen LogP contribution is 2.26. The minimum atomic E-state index is -0.266. The molecule has 2 aromatic rings. The Morgan fingerprint density at radius 3 is 1.42 bits per heavy atom. The third-order valence-electron chi connectivity index (χ3n) is 5.09. The summed E-state index contributed by atoms with van der Waals surface area (Å²) >= 11 is 2.98. The summed E-state index contributed by atoms with van der Waals surface area (Å²) in [6.45, 7) is 0.594. The van der Waals surface area contributed by atoms with Crippen molar-refractivity contribution in [3.63, 3.8) is 0 Å². The van der Waals surface area contributed by atoms with Gasteiger partial charge in [0, 0.05) is 0 Å². The molecule has 0 aliphatic heterocycles. The van der Waals surface area contributed by atoms with Crippen molar-refractivity contribution in [3.8, 4) is 23.0 Å². The predicted octanol–water partition coefficient (Wildman–Crippen LogP) is 4.41. The van der Waals surface area contributed by atoms with Gasteiger partial charge in [-0.2, -0.15) is 23.5 Å². The van der Waals surface area contributed by atoms with Crippen LogP contribution in [-0.2, 0) is 31.9 Å². The second-order valence-corrected chi connectivity index (χ2v) is 10.3. The van der Waals surface area contributed by atoms with Crippen molar-refractivity contribution >= 4 is 35.5 Å². The zero-order chi connectivity index (χ0) is 26.2. The molecule has 0 fully saturated rings. The van der Waals surface area contributed by atoms with Crippen LogP contribution >= 0.6 is 23.5 Å². The van der Waals surface area contributed by atoms with E-state index in [0.717, 1.165) is 48.3 Å². The lowest BCUT2D eigenvalue weighted by atomic mass is 10.1. The number of aromatic hydroxyl groups is 4. The number of unbranched alkanes of at least 4 members (excludes halogenated alkanes) is 1. The average Bonchev–Trinajstić information content (AvgIpc) is 2.85. The SMILES string of the molecule is O=C(CSCCCc1ccc(O)c(O)c1)OCCCCOC(=O)CSCCCc1ccc(O)c(O)c1. The number of benzene rings is 2. The van der Waals surface area contributed by atoms with E-state index in [1.165, 1.54) is 35.7 Å². The number of ether oxygens (including phenoxy) is 2. The molecular weight excluding hydrogens is 504 g/mol. The highest BCUT2D eigenvalue weighted by molar-refractivity contribution is 8.00. The Balaban J connectivity index is 1.38. The summed E-state index contributed by atoms with van der Waals surface area (Å²) in [5.74, 6) is 1.07. The second-order valence-electron chi connectivity index (χ2n) is 8.11. The van der Waals surface area contributed by atoms with E-state index in [2.05, 4.69) is 0 Å². The lowest BCUT2D eigenvalue weighted by molar-refractivity contribution is -0.142. The van der Waals surface area contributed by atoms with Crippen LogP contribution in [0.3, 0.4) is 0 Å². The van der Waals surface area contributed by atoms with Gasteiger partial charge in [0.1, 0.15) is 0 Å². The van der Waals surface area contributed by atoms with Gasteiger partial charge in [-0.3, -0.25) is 9.59 Å². The maximum absolute atomic E-state index is 11.8. The molecule has 0 spiro atoms. The Labute approximate surface area is 220 Å². The molecular formula is C26H34O8S2. The van der Waals surface area contributed by atoms with Gasteiger partial charge in [-0.15, -0.1) is 0 Å². The third-order valence-corrected chi connectivity index (χ3v) is 7.13.